The molecule has 0 saturated heterocycles. The van der Waals surface area contributed by atoms with Crippen LogP contribution >= 0.6 is 27.3 Å². The Bertz CT molecular complexity index is 387. The van der Waals surface area contributed by atoms with Crippen molar-refractivity contribution in [1.29, 1.82) is 0 Å². The fourth-order valence-corrected chi connectivity index (χ4v) is 5.16. The quantitative estimate of drug-likeness (QED) is 0.836. The fraction of sp³-hybridized carbons (Fsp3) is 0.714. The molecule has 1 aliphatic rings. The minimum absolute atomic E-state index is 0.134. The molecule has 17 heavy (non-hydrogen) atoms. The van der Waals surface area contributed by atoms with Crippen molar-refractivity contribution in [3.63, 3.8) is 0 Å². The van der Waals surface area contributed by atoms with E-state index < -0.39 is 0 Å². The Balaban J connectivity index is 2.39. The van der Waals surface area contributed by atoms with Crippen LogP contribution in [0.25, 0.3) is 0 Å². The van der Waals surface area contributed by atoms with Crippen molar-refractivity contribution in [3.8, 4) is 0 Å². The van der Waals surface area contributed by atoms with Gasteiger partial charge >= 0.3 is 0 Å². The molecule has 0 radical (unpaired) electrons. The summed E-state index contributed by atoms with van der Waals surface area (Å²) >= 11 is 5.41. The van der Waals surface area contributed by atoms with E-state index in [0.717, 1.165) is 12.3 Å². The molecule has 1 nitrogen and oxygen atoms in total. The van der Waals surface area contributed by atoms with Gasteiger partial charge in [0.25, 0.3) is 0 Å². The molecule has 1 aromatic rings. The van der Waals surface area contributed by atoms with Crippen LogP contribution in [0.3, 0.4) is 0 Å². The molecule has 0 spiro atoms. The van der Waals surface area contributed by atoms with Crippen LogP contribution in [0.1, 0.15) is 45.6 Å². The Morgan fingerprint density at radius 2 is 2.12 bits per heavy atom. The Morgan fingerprint density at radius 3 is 2.65 bits per heavy atom. The lowest BCUT2D eigenvalue weighted by molar-refractivity contribution is 0.108. The molecule has 3 unspecified atom stereocenters. The van der Waals surface area contributed by atoms with Crippen molar-refractivity contribution >= 4 is 27.3 Å². The lowest BCUT2D eigenvalue weighted by atomic mass is 9.63. The maximum atomic E-state index is 6.84. The van der Waals surface area contributed by atoms with Crippen molar-refractivity contribution in [2.45, 2.75) is 45.6 Å². The van der Waals surface area contributed by atoms with E-state index in [1.807, 2.05) is 0 Å². The molecule has 0 amide bonds. The molecular formula is C14H22BrNS. The zero-order valence-corrected chi connectivity index (χ0v) is 13.3. The minimum Gasteiger partial charge on any atom is -0.321 e. The molecule has 2 N–H and O–H groups in total. The number of rotatable bonds is 2. The molecule has 1 heterocycles. The molecule has 3 heteroatoms. The lowest BCUT2D eigenvalue weighted by Gasteiger charge is -2.46. The van der Waals surface area contributed by atoms with E-state index in [9.17, 15) is 0 Å². The van der Waals surface area contributed by atoms with Crippen molar-refractivity contribution in [3.05, 3.63) is 20.8 Å². The zero-order chi connectivity index (χ0) is 12.6. The number of nitrogens with two attached hydrogens (primary N) is 1. The molecule has 3 atom stereocenters. The Labute approximate surface area is 117 Å². The van der Waals surface area contributed by atoms with E-state index in [1.165, 1.54) is 22.9 Å². The van der Waals surface area contributed by atoms with E-state index in [4.69, 9.17) is 5.73 Å². The summed E-state index contributed by atoms with van der Waals surface area (Å²) in [7, 11) is 0. The van der Waals surface area contributed by atoms with Crippen molar-refractivity contribution in [2.75, 3.05) is 0 Å². The molecule has 1 aromatic heterocycles. The highest BCUT2D eigenvalue weighted by atomic mass is 79.9. The Hall–Kier alpha value is 0.140. The number of hydrogen-bond donors (Lipinski definition) is 1. The van der Waals surface area contributed by atoms with Gasteiger partial charge in [-0.2, -0.15) is 11.3 Å². The van der Waals surface area contributed by atoms with Gasteiger partial charge < -0.3 is 5.73 Å². The third kappa shape index (κ3) is 2.47. The first kappa shape index (κ1) is 13.6. The van der Waals surface area contributed by atoms with Gasteiger partial charge in [0.2, 0.25) is 0 Å². The highest BCUT2D eigenvalue weighted by Gasteiger charge is 2.43. The first-order chi connectivity index (χ1) is 7.95. The number of halogens is 1. The molecule has 1 aliphatic carbocycles. The predicted molar refractivity (Wildman–Crippen MR) is 79.2 cm³/mol. The molecule has 96 valence electrons. The molecule has 0 aromatic carbocycles. The predicted octanol–water partition coefficient (Wildman–Crippen LogP) is 4.76. The fourth-order valence-electron chi connectivity index (χ4n) is 3.40. The van der Waals surface area contributed by atoms with E-state index in [2.05, 4.69) is 47.5 Å². The standard InChI is InChI=1S/C14H22BrNS/c1-9(2)11-5-4-10(3)6-14(11,16)12-7-17-8-13(12)15/h7-11H,4-6,16H2,1-3H3. The largest absolute Gasteiger partial charge is 0.321 e. The summed E-state index contributed by atoms with van der Waals surface area (Å²) < 4.78 is 1.20. The second kappa shape index (κ2) is 5.02. The van der Waals surface area contributed by atoms with Gasteiger partial charge in [0.05, 0.1) is 0 Å². The second-order valence-electron chi connectivity index (χ2n) is 5.91. The topological polar surface area (TPSA) is 26.0 Å². The van der Waals surface area contributed by atoms with Gasteiger partial charge in [0.15, 0.2) is 0 Å². The first-order valence-electron chi connectivity index (χ1n) is 6.46. The van der Waals surface area contributed by atoms with Gasteiger partial charge in [-0.15, -0.1) is 0 Å². The van der Waals surface area contributed by atoms with E-state index in [-0.39, 0.29) is 5.54 Å². The van der Waals surface area contributed by atoms with Gasteiger partial charge in [-0.25, -0.2) is 0 Å². The van der Waals surface area contributed by atoms with Gasteiger partial charge in [-0.05, 0) is 57.5 Å². The average Bonchev–Trinajstić information content (AvgIpc) is 2.64. The summed E-state index contributed by atoms with van der Waals surface area (Å²) in [6, 6.07) is 0. The molecule has 1 saturated carbocycles. The average molecular weight is 316 g/mol. The molecule has 2 rings (SSSR count). The molecule has 1 fully saturated rings. The Kier molecular flexibility index (Phi) is 4.01. The van der Waals surface area contributed by atoms with E-state index in [1.54, 1.807) is 11.3 Å². The van der Waals surface area contributed by atoms with Crippen LogP contribution in [0.4, 0.5) is 0 Å². The van der Waals surface area contributed by atoms with Crippen LogP contribution in [-0.2, 0) is 5.54 Å². The van der Waals surface area contributed by atoms with E-state index in [0.29, 0.717) is 11.8 Å². The van der Waals surface area contributed by atoms with Gasteiger partial charge in [0.1, 0.15) is 0 Å². The van der Waals surface area contributed by atoms with Crippen LogP contribution in [-0.4, -0.2) is 0 Å². The first-order valence-corrected chi connectivity index (χ1v) is 8.19. The van der Waals surface area contributed by atoms with Crippen molar-refractivity contribution < 1.29 is 0 Å². The summed E-state index contributed by atoms with van der Waals surface area (Å²) in [5, 5.41) is 4.39. The zero-order valence-electron chi connectivity index (χ0n) is 10.9. The lowest BCUT2D eigenvalue weighted by Crippen LogP contribution is -2.50. The van der Waals surface area contributed by atoms with Crippen LogP contribution in [0.5, 0.6) is 0 Å². The summed E-state index contributed by atoms with van der Waals surface area (Å²) in [4.78, 5) is 0. The summed E-state index contributed by atoms with van der Waals surface area (Å²) in [6.07, 6.45) is 3.70. The normalized spacial score (nSPS) is 34.2. The molecule has 0 bridgehead atoms. The summed E-state index contributed by atoms with van der Waals surface area (Å²) in [6.45, 7) is 6.95. The van der Waals surface area contributed by atoms with Gasteiger partial charge in [-0.1, -0.05) is 27.2 Å². The monoisotopic (exact) mass is 315 g/mol. The highest BCUT2D eigenvalue weighted by molar-refractivity contribution is 9.10. The number of hydrogen-bond acceptors (Lipinski definition) is 2. The van der Waals surface area contributed by atoms with Crippen LogP contribution < -0.4 is 5.73 Å². The third-order valence-electron chi connectivity index (χ3n) is 4.24. The maximum Gasteiger partial charge on any atom is 0.0462 e. The maximum absolute atomic E-state index is 6.84. The van der Waals surface area contributed by atoms with Gasteiger partial charge in [-0.3, -0.25) is 0 Å². The van der Waals surface area contributed by atoms with Crippen LogP contribution in [0, 0.1) is 17.8 Å². The summed E-state index contributed by atoms with van der Waals surface area (Å²) in [5.41, 5.74) is 8.03. The second-order valence-corrected chi connectivity index (χ2v) is 7.51. The minimum atomic E-state index is -0.134. The van der Waals surface area contributed by atoms with Gasteiger partial charge in [0, 0.05) is 15.4 Å². The van der Waals surface area contributed by atoms with Crippen LogP contribution in [0.15, 0.2) is 15.2 Å². The smallest absolute Gasteiger partial charge is 0.0462 e. The van der Waals surface area contributed by atoms with Crippen LogP contribution in [0.2, 0.25) is 0 Å². The van der Waals surface area contributed by atoms with Crippen molar-refractivity contribution in [2.24, 2.45) is 23.5 Å². The third-order valence-corrected chi connectivity index (χ3v) is 5.94. The van der Waals surface area contributed by atoms with Crippen molar-refractivity contribution in [1.82, 2.24) is 0 Å². The highest BCUT2D eigenvalue weighted by Crippen LogP contribution is 2.48. The summed E-state index contributed by atoms with van der Waals surface area (Å²) in [5.74, 6) is 1.99. The SMILES string of the molecule is CC1CCC(C(C)C)C(N)(c2cscc2Br)C1. The molecule has 0 aliphatic heterocycles. The Morgan fingerprint density at radius 1 is 1.41 bits per heavy atom. The molecular weight excluding hydrogens is 294 g/mol. The van der Waals surface area contributed by atoms with E-state index >= 15 is 0 Å². The number of thiophene rings is 1.